The minimum atomic E-state index is -0.431. The summed E-state index contributed by atoms with van der Waals surface area (Å²) >= 11 is 1.44. The molecule has 1 N–H and O–H groups in total. The van der Waals surface area contributed by atoms with Crippen LogP contribution in [0.1, 0.15) is 40.0 Å². The summed E-state index contributed by atoms with van der Waals surface area (Å²) in [5, 5.41) is 3.59. The molecule has 0 bridgehead atoms. The first kappa shape index (κ1) is 24.8. The summed E-state index contributed by atoms with van der Waals surface area (Å²) in [6.45, 7) is 13.8. The van der Waals surface area contributed by atoms with Gasteiger partial charge in [0.25, 0.3) is 5.91 Å². The number of methoxy groups -OCH3 is 1. The normalized spacial score (nSPS) is 26.8. The van der Waals surface area contributed by atoms with E-state index in [0.717, 1.165) is 24.2 Å². The number of thioether (sulfide) groups is 1. The van der Waals surface area contributed by atoms with Gasteiger partial charge in [-0.1, -0.05) is 63.1 Å². The Kier molecular flexibility index (Phi) is 8.99. The number of aliphatic imine (C=N–C) groups is 1. The number of amides is 1. The van der Waals surface area contributed by atoms with Crippen LogP contribution in [0.15, 0.2) is 77.5 Å². The highest BCUT2D eigenvalue weighted by Crippen LogP contribution is 2.43. The lowest BCUT2D eigenvalue weighted by atomic mass is 9.74. The van der Waals surface area contributed by atoms with Crippen molar-refractivity contribution in [3.05, 3.63) is 72.5 Å². The summed E-state index contributed by atoms with van der Waals surface area (Å²) in [4.78, 5) is 17.7. The fourth-order valence-corrected chi connectivity index (χ4v) is 4.15. The number of carbonyl (C=O) groups excluding carboxylic acids is 1. The second-order valence-corrected chi connectivity index (χ2v) is 8.90. The average Bonchev–Trinajstić information content (AvgIpc) is 2.75. The van der Waals surface area contributed by atoms with Crippen molar-refractivity contribution in [1.82, 2.24) is 5.32 Å². The zero-order chi connectivity index (χ0) is 23.0. The minimum Gasteiger partial charge on any atom is -0.501 e. The van der Waals surface area contributed by atoms with Crippen LogP contribution in [-0.4, -0.2) is 30.0 Å². The van der Waals surface area contributed by atoms with Crippen molar-refractivity contribution >= 4 is 22.8 Å². The molecule has 0 saturated carbocycles. The SMILES string of the molecule is C=C/C=C(\OC=C)C1=C(OC)CC(C)(N=C(NC(=O)C2=CCC(C)C=C2)SC)C(C)C1. The van der Waals surface area contributed by atoms with Crippen LogP contribution in [0, 0.1) is 11.8 Å². The number of hydrogen-bond donors (Lipinski definition) is 1. The second kappa shape index (κ2) is 11.2. The molecule has 3 unspecified atom stereocenters. The van der Waals surface area contributed by atoms with E-state index >= 15 is 0 Å². The van der Waals surface area contributed by atoms with Crippen molar-refractivity contribution < 1.29 is 14.3 Å². The third-order valence-corrected chi connectivity index (χ3v) is 6.38. The van der Waals surface area contributed by atoms with Gasteiger partial charge in [-0.05, 0) is 43.9 Å². The third-order valence-electron chi connectivity index (χ3n) is 5.80. The Morgan fingerprint density at radius 2 is 2.13 bits per heavy atom. The predicted molar refractivity (Wildman–Crippen MR) is 130 cm³/mol. The van der Waals surface area contributed by atoms with Gasteiger partial charge in [-0.25, -0.2) is 0 Å². The largest absolute Gasteiger partial charge is 0.501 e. The fourth-order valence-electron chi connectivity index (χ4n) is 3.66. The van der Waals surface area contributed by atoms with Crippen LogP contribution in [0.4, 0.5) is 0 Å². The monoisotopic (exact) mass is 442 g/mol. The molecule has 6 heteroatoms. The van der Waals surface area contributed by atoms with Crippen LogP contribution in [0.25, 0.3) is 0 Å². The van der Waals surface area contributed by atoms with E-state index in [-0.39, 0.29) is 11.8 Å². The van der Waals surface area contributed by atoms with E-state index in [1.165, 1.54) is 18.0 Å². The Bertz CT molecular complexity index is 866. The van der Waals surface area contributed by atoms with E-state index in [2.05, 4.69) is 45.3 Å². The molecule has 0 fully saturated rings. The molecule has 0 radical (unpaired) electrons. The van der Waals surface area contributed by atoms with Gasteiger partial charge in [-0.15, -0.1) is 0 Å². The molecular formula is C25H34N2O3S. The second-order valence-electron chi connectivity index (χ2n) is 8.10. The fraction of sp³-hybridized carbons (Fsp3) is 0.440. The third kappa shape index (κ3) is 6.26. The molecular weight excluding hydrogens is 408 g/mol. The Balaban J connectivity index is 2.29. The minimum absolute atomic E-state index is 0.123. The Labute approximate surface area is 190 Å². The highest BCUT2D eigenvalue weighted by molar-refractivity contribution is 8.13. The topological polar surface area (TPSA) is 59.9 Å². The lowest BCUT2D eigenvalue weighted by Crippen LogP contribution is -2.40. The van der Waals surface area contributed by atoms with E-state index in [0.29, 0.717) is 28.8 Å². The summed E-state index contributed by atoms with van der Waals surface area (Å²) in [6, 6.07) is 0. The van der Waals surface area contributed by atoms with Crippen molar-refractivity contribution in [3.8, 4) is 0 Å². The van der Waals surface area contributed by atoms with Crippen LogP contribution in [-0.2, 0) is 14.3 Å². The van der Waals surface area contributed by atoms with Gasteiger partial charge in [0.2, 0.25) is 0 Å². The Morgan fingerprint density at radius 3 is 2.68 bits per heavy atom. The lowest BCUT2D eigenvalue weighted by molar-refractivity contribution is -0.115. The molecule has 0 aromatic heterocycles. The van der Waals surface area contributed by atoms with E-state index in [1.807, 2.05) is 24.5 Å². The zero-order valence-corrected chi connectivity index (χ0v) is 20.1. The van der Waals surface area contributed by atoms with Crippen LogP contribution < -0.4 is 5.32 Å². The molecule has 0 saturated heterocycles. The van der Waals surface area contributed by atoms with Gasteiger partial charge in [0.05, 0.1) is 18.9 Å². The Hall–Kier alpha value is -2.47. The summed E-state index contributed by atoms with van der Waals surface area (Å²) < 4.78 is 11.3. The predicted octanol–water partition coefficient (Wildman–Crippen LogP) is 5.66. The van der Waals surface area contributed by atoms with Gasteiger partial charge in [0.1, 0.15) is 11.5 Å². The summed E-state index contributed by atoms with van der Waals surface area (Å²) in [5.74, 6) is 2.03. The van der Waals surface area contributed by atoms with Crippen molar-refractivity contribution in [2.45, 2.75) is 45.6 Å². The first-order valence-corrected chi connectivity index (χ1v) is 11.7. The van der Waals surface area contributed by atoms with Crippen molar-refractivity contribution in [2.24, 2.45) is 16.8 Å². The molecule has 0 aliphatic heterocycles. The van der Waals surface area contributed by atoms with Crippen LogP contribution >= 0.6 is 11.8 Å². The van der Waals surface area contributed by atoms with Gasteiger partial charge >= 0.3 is 0 Å². The van der Waals surface area contributed by atoms with E-state index < -0.39 is 5.54 Å². The molecule has 0 aromatic rings. The Morgan fingerprint density at radius 1 is 1.39 bits per heavy atom. The highest BCUT2D eigenvalue weighted by Gasteiger charge is 2.39. The molecule has 1 amide bonds. The number of hydrogen-bond acceptors (Lipinski definition) is 5. The van der Waals surface area contributed by atoms with Gasteiger partial charge in [-0.3, -0.25) is 9.79 Å². The van der Waals surface area contributed by atoms with Gasteiger partial charge in [0.15, 0.2) is 5.17 Å². The number of nitrogens with zero attached hydrogens (tertiary/aromatic N) is 1. The number of nitrogens with one attached hydrogen (secondary N) is 1. The van der Waals surface area contributed by atoms with Crippen LogP contribution in [0.5, 0.6) is 0 Å². The maximum Gasteiger partial charge on any atom is 0.256 e. The molecule has 2 aliphatic rings. The lowest BCUT2D eigenvalue weighted by Gasteiger charge is -2.38. The van der Waals surface area contributed by atoms with Crippen LogP contribution in [0.2, 0.25) is 0 Å². The molecule has 31 heavy (non-hydrogen) atoms. The highest BCUT2D eigenvalue weighted by atomic mass is 32.2. The summed E-state index contributed by atoms with van der Waals surface area (Å²) in [7, 11) is 1.66. The maximum absolute atomic E-state index is 12.7. The van der Waals surface area contributed by atoms with Crippen molar-refractivity contribution in [2.75, 3.05) is 13.4 Å². The van der Waals surface area contributed by atoms with Crippen LogP contribution in [0.3, 0.4) is 0 Å². The van der Waals surface area contributed by atoms with Crippen molar-refractivity contribution in [3.63, 3.8) is 0 Å². The molecule has 3 atom stereocenters. The molecule has 0 aromatic carbocycles. The first-order valence-electron chi connectivity index (χ1n) is 10.5. The molecule has 168 valence electrons. The standard InChI is InChI=1S/C25H34N2O3S/c1-8-10-21(30-9-2)20-15-18(4)25(5,16-22(20)29-6)27-24(31-7)26-23(28)19-13-11-17(3)12-14-19/h8-11,13-14,17-18H,1-2,12,15-16H2,3-7H3,(H,26,27,28)/b21-10-. The number of ether oxygens (including phenoxy) is 2. The number of carbonyl (C=O) groups is 1. The van der Waals surface area contributed by atoms with E-state index in [9.17, 15) is 4.79 Å². The quantitative estimate of drug-likeness (QED) is 0.239. The van der Waals surface area contributed by atoms with Gasteiger partial charge in [-0.2, -0.15) is 0 Å². The van der Waals surface area contributed by atoms with Gasteiger partial charge < -0.3 is 14.8 Å². The molecule has 0 spiro atoms. The molecule has 0 heterocycles. The summed E-state index contributed by atoms with van der Waals surface area (Å²) in [5.41, 5.74) is 1.24. The molecule has 2 aliphatic carbocycles. The first-order chi connectivity index (χ1) is 14.8. The van der Waals surface area contributed by atoms with E-state index in [1.54, 1.807) is 13.2 Å². The number of allylic oxidation sites excluding steroid dienone is 5. The summed E-state index contributed by atoms with van der Waals surface area (Å²) in [6.07, 6.45) is 14.9. The van der Waals surface area contributed by atoms with Gasteiger partial charge in [0, 0.05) is 17.6 Å². The number of rotatable bonds is 7. The average molecular weight is 443 g/mol. The number of amidine groups is 1. The smallest absolute Gasteiger partial charge is 0.256 e. The zero-order valence-electron chi connectivity index (χ0n) is 19.2. The van der Waals surface area contributed by atoms with Crippen molar-refractivity contribution in [1.29, 1.82) is 0 Å². The molecule has 5 nitrogen and oxygen atoms in total. The maximum atomic E-state index is 12.7. The van der Waals surface area contributed by atoms with E-state index in [4.69, 9.17) is 14.5 Å². The molecule has 2 rings (SSSR count).